The molecule has 0 unspecified atom stereocenters. The second kappa shape index (κ2) is 6.07. The first-order chi connectivity index (χ1) is 9.87. The Kier molecular flexibility index (Phi) is 4.58. The highest BCUT2D eigenvalue weighted by molar-refractivity contribution is 9.10. The zero-order valence-electron chi connectivity index (χ0n) is 11.9. The number of nitrogens with zero attached hydrogens (tertiary/aromatic N) is 1. The van der Waals surface area contributed by atoms with Crippen LogP contribution in [0.15, 0.2) is 51.8 Å². The minimum absolute atomic E-state index is 0.230. The first kappa shape index (κ1) is 15.9. The molecule has 0 spiro atoms. The highest BCUT2D eigenvalue weighted by atomic mass is 79.9. The quantitative estimate of drug-likeness (QED) is 0.839. The van der Waals surface area contributed by atoms with E-state index in [0.29, 0.717) is 28.0 Å². The molecule has 0 aliphatic heterocycles. The zero-order chi connectivity index (χ0) is 15.6. The van der Waals surface area contributed by atoms with Crippen molar-refractivity contribution < 1.29 is 8.42 Å². The van der Waals surface area contributed by atoms with Gasteiger partial charge in [-0.2, -0.15) is 0 Å². The minimum atomic E-state index is -3.64. The summed E-state index contributed by atoms with van der Waals surface area (Å²) in [6.07, 6.45) is 0. The van der Waals surface area contributed by atoms with Crippen molar-refractivity contribution in [2.45, 2.75) is 18.7 Å². The van der Waals surface area contributed by atoms with Crippen LogP contribution in [0.2, 0.25) is 0 Å². The van der Waals surface area contributed by atoms with E-state index in [9.17, 15) is 8.42 Å². The van der Waals surface area contributed by atoms with Gasteiger partial charge in [-0.05, 0) is 59.6 Å². The van der Waals surface area contributed by atoms with E-state index in [0.717, 1.165) is 0 Å². The number of nitrogen functional groups attached to an aromatic ring is 1. The van der Waals surface area contributed by atoms with Crippen LogP contribution in [0.25, 0.3) is 0 Å². The number of anilines is 2. The van der Waals surface area contributed by atoms with Crippen LogP contribution in [0, 0.1) is 6.92 Å². The standard InChI is InChI=1S/C15H17BrN2O2S/c1-3-18(12-7-5-4-6-8-12)21(19,20)15-10-14(17)13(16)9-11(15)2/h4-10H,3,17H2,1-2H3. The Morgan fingerprint density at radius 3 is 2.38 bits per heavy atom. The summed E-state index contributed by atoms with van der Waals surface area (Å²) >= 11 is 3.31. The van der Waals surface area contributed by atoms with E-state index in [1.807, 2.05) is 25.1 Å². The van der Waals surface area contributed by atoms with Gasteiger partial charge < -0.3 is 5.73 Å². The molecule has 0 aliphatic rings. The fourth-order valence-electron chi connectivity index (χ4n) is 2.15. The van der Waals surface area contributed by atoms with Gasteiger partial charge in [0.25, 0.3) is 10.0 Å². The third-order valence-corrected chi connectivity index (χ3v) is 5.93. The van der Waals surface area contributed by atoms with Crippen LogP contribution in [-0.4, -0.2) is 15.0 Å². The molecule has 0 aromatic heterocycles. The molecule has 0 saturated carbocycles. The zero-order valence-corrected chi connectivity index (χ0v) is 14.3. The second-order valence-corrected chi connectivity index (χ2v) is 7.33. The van der Waals surface area contributed by atoms with Crippen molar-refractivity contribution in [1.29, 1.82) is 0 Å². The van der Waals surface area contributed by atoms with Crippen molar-refractivity contribution >= 4 is 37.3 Å². The van der Waals surface area contributed by atoms with E-state index < -0.39 is 10.0 Å². The van der Waals surface area contributed by atoms with Gasteiger partial charge in [-0.25, -0.2) is 8.42 Å². The SMILES string of the molecule is CCN(c1ccccc1)S(=O)(=O)c1cc(N)c(Br)cc1C. The molecule has 0 aliphatic carbocycles. The van der Waals surface area contributed by atoms with E-state index in [1.165, 1.54) is 10.4 Å². The van der Waals surface area contributed by atoms with Gasteiger partial charge >= 0.3 is 0 Å². The normalized spacial score (nSPS) is 11.4. The Labute approximate surface area is 133 Å². The van der Waals surface area contributed by atoms with Crippen molar-refractivity contribution in [3.05, 3.63) is 52.5 Å². The molecule has 0 fully saturated rings. The molecular weight excluding hydrogens is 352 g/mol. The van der Waals surface area contributed by atoms with Crippen molar-refractivity contribution in [2.75, 3.05) is 16.6 Å². The van der Waals surface area contributed by atoms with Crippen LogP contribution in [0.5, 0.6) is 0 Å². The number of benzene rings is 2. The number of hydrogen-bond acceptors (Lipinski definition) is 3. The maximum absolute atomic E-state index is 12.9. The summed E-state index contributed by atoms with van der Waals surface area (Å²) < 4.78 is 27.9. The van der Waals surface area contributed by atoms with Crippen molar-refractivity contribution in [3.63, 3.8) is 0 Å². The summed E-state index contributed by atoms with van der Waals surface area (Å²) in [7, 11) is -3.64. The molecule has 0 radical (unpaired) electrons. The molecule has 2 aromatic carbocycles. The third-order valence-electron chi connectivity index (χ3n) is 3.19. The lowest BCUT2D eigenvalue weighted by atomic mass is 10.2. The summed E-state index contributed by atoms with van der Waals surface area (Å²) in [6, 6.07) is 12.3. The molecule has 112 valence electrons. The van der Waals surface area contributed by atoms with E-state index in [-0.39, 0.29) is 4.90 Å². The topological polar surface area (TPSA) is 63.4 Å². The Hall–Kier alpha value is -1.53. The lowest BCUT2D eigenvalue weighted by molar-refractivity contribution is 0.591. The Morgan fingerprint density at radius 1 is 1.19 bits per heavy atom. The van der Waals surface area contributed by atoms with Crippen LogP contribution in [0.1, 0.15) is 12.5 Å². The molecule has 0 heterocycles. The van der Waals surface area contributed by atoms with Gasteiger partial charge in [0.15, 0.2) is 0 Å². The van der Waals surface area contributed by atoms with E-state index in [4.69, 9.17) is 5.73 Å². The summed E-state index contributed by atoms with van der Waals surface area (Å²) in [4.78, 5) is 0.230. The maximum atomic E-state index is 12.9. The highest BCUT2D eigenvalue weighted by Gasteiger charge is 2.25. The fraction of sp³-hybridized carbons (Fsp3) is 0.200. The van der Waals surface area contributed by atoms with Gasteiger partial charge in [-0.15, -0.1) is 0 Å². The molecule has 0 atom stereocenters. The van der Waals surface area contributed by atoms with Gasteiger partial charge in [0, 0.05) is 16.7 Å². The number of halogens is 1. The third kappa shape index (κ3) is 3.06. The molecule has 6 heteroatoms. The largest absolute Gasteiger partial charge is 0.398 e. The van der Waals surface area contributed by atoms with Gasteiger partial charge in [-0.1, -0.05) is 18.2 Å². The van der Waals surface area contributed by atoms with Gasteiger partial charge in [0.1, 0.15) is 0 Å². The van der Waals surface area contributed by atoms with Gasteiger partial charge in [-0.3, -0.25) is 4.31 Å². The van der Waals surface area contributed by atoms with E-state index >= 15 is 0 Å². The molecule has 0 bridgehead atoms. The summed E-state index contributed by atoms with van der Waals surface area (Å²) in [5.41, 5.74) is 7.54. The van der Waals surface area contributed by atoms with Crippen molar-refractivity contribution in [1.82, 2.24) is 0 Å². The Bertz CT molecular complexity index is 746. The van der Waals surface area contributed by atoms with Crippen molar-refractivity contribution in [2.24, 2.45) is 0 Å². The predicted molar refractivity (Wildman–Crippen MR) is 89.9 cm³/mol. The van der Waals surface area contributed by atoms with E-state index in [2.05, 4.69) is 15.9 Å². The summed E-state index contributed by atoms with van der Waals surface area (Å²) in [5, 5.41) is 0. The molecule has 0 amide bonds. The predicted octanol–water partition coefficient (Wildman–Crippen LogP) is 3.55. The lowest BCUT2D eigenvalue weighted by Crippen LogP contribution is -2.31. The van der Waals surface area contributed by atoms with Crippen molar-refractivity contribution in [3.8, 4) is 0 Å². The summed E-state index contributed by atoms with van der Waals surface area (Å²) in [6.45, 7) is 3.92. The fourth-order valence-corrected chi connectivity index (χ4v) is 4.33. The second-order valence-electron chi connectivity index (χ2n) is 4.64. The number of rotatable bonds is 4. The molecule has 2 aromatic rings. The number of sulfonamides is 1. The van der Waals surface area contributed by atoms with Crippen LogP contribution in [0.4, 0.5) is 11.4 Å². The monoisotopic (exact) mass is 368 g/mol. The van der Waals surface area contributed by atoms with Crippen LogP contribution >= 0.6 is 15.9 Å². The average molecular weight is 369 g/mol. The molecule has 2 N–H and O–H groups in total. The lowest BCUT2D eigenvalue weighted by Gasteiger charge is -2.24. The molecular formula is C15H17BrN2O2S. The first-order valence-electron chi connectivity index (χ1n) is 6.51. The van der Waals surface area contributed by atoms with E-state index in [1.54, 1.807) is 25.1 Å². The molecule has 4 nitrogen and oxygen atoms in total. The number of para-hydroxylation sites is 1. The van der Waals surface area contributed by atoms with Gasteiger partial charge in [0.05, 0.1) is 10.6 Å². The number of nitrogens with two attached hydrogens (primary N) is 1. The van der Waals surface area contributed by atoms with Crippen LogP contribution < -0.4 is 10.0 Å². The van der Waals surface area contributed by atoms with Gasteiger partial charge in [0.2, 0.25) is 0 Å². The summed E-state index contributed by atoms with van der Waals surface area (Å²) in [5.74, 6) is 0. The number of aryl methyl sites for hydroxylation is 1. The minimum Gasteiger partial charge on any atom is -0.398 e. The first-order valence-corrected chi connectivity index (χ1v) is 8.74. The average Bonchev–Trinajstić information content (AvgIpc) is 2.44. The number of hydrogen-bond donors (Lipinski definition) is 1. The maximum Gasteiger partial charge on any atom is 0.264 e. The Morgan fingerprint density at radius 2 is 1.81 bits per heavy atom. The van der Waals surface area contributed by atoms with Crippen LogP contribution in [0.3, 0.4) is 0 Å². The molecule has 0 saturated heterocycles. The molecule has 21 heavy (non-hydrogen) atoms. The Balaban J connectivity index is 2.58. The molecule has 2 rings (SSSR count). The van der Waals surface area contributed by atoms with Crippen LogP contribution in [-0.2, 0) is 10.0 Å². The highest BCUT2D eigenvalue weighted by Crippen LogP contribution is 2.30. The smallest absolute Gasteiger partial charge is 0.264 e.